The summed E-state index contributed by atoms with van der Waals surface area (Å²) < 4.78 is 0. The molecule has 1 aromatic carbocycles. The third-order valence-electron chi connectivity index (χ3n) is 2.98. The van der Waals surface area contributed by atoms with Crippen molar-refractivity contribution in [2.24, 2.45) is 0 Å². The lowest BCUT2D eigenvalue weighted by Crippen LogP contribution is -2.15. The van der Waals surface area contributed by atoms with E-state index in [9.17, 15) is 4.79 Å². The monoisotopic (exact) mass is 289 g/mol. The summed E-state index contributed by atoms with van der Waals surface area (Å²) in [7, 11) is 3.80. The summed E-state index contributed by atoms with van der Waals surface area (Å²) in [6, 6.07) is 8.97. The predicted molar refractivity (Wildman–Crippen MR) is 82.7 cm³/mol. The molecule has 0 radical (unpaired) electrons. The summed E-state index contributed by atoms with van der Waals surface area (Å²) in [6.07, 6.45) is 1.56. The second-order valence-electron chi connectivity index (χ2n) is 4.67. The van der Waals surface area contributed by atoms with Gasteiger partial charge in [0.2, 0.25) is 0 Å². The Balaban J connectivity index is 2.18. The van der Waals surface area contributed by atoms with Crippen LogP contribution in [-0.4, -0.2) is 25.0 Å². The van der Waals surface area contributed by atoms with Crippen LogP contribution >= 0.6 is 11.6 Å². The average molecular weight is 290 g/mol. The molecule has 0 saturated heterocycles. The van der Waals surface area contributed by atoms with Crippen molar-refractivity contribution in [3.8, 4) is 0 Å². The van der Waals surface area contributed by atoms with Crippen molar-refractivity contribution in [3.05, 3.63) is 52.7 Å². The van der Waals surface area contributed by atoms with Crippen LogP contribution in [0.5, 0.6) is 0 Å². The van der Waals surface area contributed by atoms with E-state index >= 15 is 0 Å². The van der Waals surface area contributed by atoms with Crippen LogP contribution in [0.4, 0.5) is 11.5 Å². The minimum absolute atomic E-state index is 0.201. The number of hydrogen-bond acceptors (Lipinski definition) is 3. The van der Waals surface area contributed by atoms with E-state index in [0.29, 0.717) is 16.3 Å². The standard InChI is InChI=1S/C15H16ClN3O/c1-10-12(16)5-4-6-13(10)18-15(20)11-7-8-14(17-9-11)19(2)3/h4-9H,1-3H3,(H,18,20). The Morgan fingerprint density at radius 2 is 2.00 bits per heavy atom. The van der Waals surface area contributed by atoms with Crippen LogP contribution in [0, 0.1) is 6.92 Å². The number of benzene rings is 1. The number of nitrogens with one attached hydrogen (secondary N) is 1. The molecule has 4 nitrogen and oxygen atoms in total. The van der Waals surface area contributed by atoms with Crippen LogP contribution < -0.4 is 10.2 Å². The fourth-order valence-corrected chi connectivity index (χ4v) is 1.90. The SMILES string of the molecule is Cc1c(Cl)cccc1NC(=O)c1ccc(N(C)C)nc1. The first-order chi connectivity index (χ1) is 9.49. The van der Waals surface area contributed by atoms with Crippen molar-refractivity contribution in [3.63, 3.8) is 0 Å². The zero-order valence-corrected chi connectivity index (χ0v) is 12.4. The lowest BCUT2D eigenvalue weighted by atomic mass is 10.2. The number of aromatic nitrogens is 1. The minimum Gasteiger partial charge on any atom is -0.363 e. The van der Waals surface area contributed by atoms with E-state index < -0.39 is 0 Å². The average Bonchev–Trinajstić information content (AvgIpc) is 2.44. The molecule has 1 heterocycles. The number of carbonyl (C=O) groups is 1. The molecule has 0 aliphatic carbocycles. The van der Waals surface area contributed by atoms with Gasteiger partial charge in [0.15, 0.2) is 0 Å². The van der Waals surface area contributed by atoms with Gasteiger partial charge in [-0.2, -0.15) is 0 Å². The van der Waals surface area contributed by atoms with Crippen LogP contribution in [0.2, 0.25) is 5.02 Å². The van der Waals surface area contributed by atoms with Crippen molar-refractivity contribution in [1.29, 1.82) is 0 Å². The van der Waals surface area contributed by atoms with E-state index in [4.69, 9.17) is 11.6 Å². The summed E-state index contributed by atoms with van der Waals surface area (Å²) in [6.45, 7) is 1.87. The topological polar surface area (TPSA) is 45.2 Å². The molecule has 0 spiro atoms. The van der Waals surface area contributed by atoms with Gasteiger partial charge >= 0.3 is 0 Å². The first kappa shape index (κ1) is 14.3. The molecule has 2 aromatic rings. The molecule has 0 aliphatic rings. The first-order valence-corrected chi connectivity index (χ1v) is 6.56. The lowest BCUT2D eigenvalue weighted by molar-refractivity contribution is 0.102. The van der Waals surface area contributed by atoms with Gasteiger partial charge in [-0.25, -0.2) is 4.98 Å². The van der Waals surface area contributed by atoms with Crippen LogP contribution in [0.15, 0.2) is 36.5 Å². The van der Waals surface area contributed by atoms with Gasteiger partial charge in [0, 0.05) is 31.0 Å². The van der Waals surface area contributed by atoms with Crippen molar-refractivity contribution < 1.29 is 4.79 Å². The van der Waals surface area contributed by atoms with E-state index in [1.165, 1.54) is 0 Å². The summed E-state index contributed by atoms with van der Waals surface area (Å²) >= 11 is 6.03. The van der Waals surface area contributed by atoms with Gasteiger partial charge in [-0.3, -0.25) is 4.79 Å². The van der Waals surface area contributed by atoms with Gasteiger partial charge in [0.1, 0.15) is 5.82 Å². The highest BCUT2D eigenvalue weighted by molar-refractivity contribution is 6.31. The molecular weight excluding hydrogens is 274 g/mol. The smallest absolute Gasteiger partial charge is 0.257 e. The molecule has 0 bridgehead atoms. The normalized spacial score (nSPS) is 10.2. The Morgan fingerprint density at radius 3 is 2.60 bits per heavy atom. The van der Waals surface area contributed by atoms with Crippen molar-refractivity contribution in [2.75, 3.05) is 24.3 Å². The van der Waals surface area contributed by atoms with Crippen LogP contribution in [0.25, 0.3) is 0 Å². The molecule has 1 N–H and O–H groups in total. The highest BCUT2D eigenvalue weighted by Gasteiger charge is 2.09. The quantitative estimate of drug-likeness (QED) is 0.942. The Bertz CT molecular complexity index is 624. The maximum atomic E-state index is 12.2. The van der Waals surface area contributed by atoms with Crippen molar-refractivity contribution in [2.45, 2.75) is 6.92 Å². The fraction of sp³-hybridized carbons (Fsp3) is 0.200. The highest BCUT2D eigenvalue weighted by atomic mass is 35.5. The van der Waals surface area contributed by atoms with Crippen LogP contribution in [-0.2, 0) is 0 Å². The molecule has 0 atom stereocenters. The minimum atomic E-state index is -0.201. The number of amides is 1. The predicted octanol–water partition coefficient (Wildman–Crippen LogP) is 3.36. The molecule has 20 heavy (non-hydrogen) atoms. The summed E-state index contributed by atoms with van der Waals surface area (Å²) in [4.78, 5) is 18.2. The van der Waals surface area contributed by atoms with E-state index in [-0.39, 0.29) is 5.91 Å². The van der Waals surface area contributed by atoms with Gasteiger partial charge in [0.25, 0.3) is 5.91 Å². The second kappa shape index (κ2) is 5.92. The molecule has 0 fully saturated rings. The number of halogens is 1. The molecule has 104 valence electrons. The molecule has 0 unspecified atom stereocenters. The Morgan fingerprint density at radius 1 is 1.25 bits per heavy atom. The van der Waals surface area contributed by atoms with E-state index in [0.717, 1.165) is 11.4 Å². The summed E-state index contributed by atoms with van der Waals surface area (Å²) in [5, 5.41) is 3.47. The number of rotatable bonds is 3. The van der Waals surface area contributed by atoms with Crippen LogP contribution in [0.1, 0.15) is 15.9 Å². The van der Waals surface area contributed by atoms with Gasteiger partial charge in [0.05, 0.1) is 5.56 Å². The van der Waals surface area contributed by atoms with E-state index in [2.05, 4.69) is 10.3 Å². The van der Waals surface area contributed by atoms with Gasteiger partial charge < -0.3 is 10.2 Å². The number of nitrogens with zero attached hydrogens (tertiary/aromatic N) is 2. The molecule has 2 rings (SSSR count). The zero-order valence-electron chi connectivity index (χ0n) is 11.6. The lowest BCUT2D eigenvalue weighted by Gasteiger charge is -2.12. The fourth-order valence-electron chi connectivity index (χ4n) is 1.72. The largest absolute Gasteiger partial charge is 0.363 e. The van der Waals surface area contributed by atoms with E-state index in [1.54, 1.807) is 30.5 Å². The number of hydrogen-bond donors (Lipinski definition) is 1. The first-order valence-electron chi connectivity index (χ1n) is 6.19. The second-order valence-corrected chi connectivity index (χ2v) is 5.07. The number of anilines is 2. The van der Waals surface area contributed by atoms with Crippen molar-refractivity contribution in [1.82, 2.24) is 4.98 Å². The zero-order chi connectivity index (χ0) is 14.7. The molecule has 0 aliphatic heterocycles. The molecule has 1 aromatic heterocycles. The van der Waals surface area contributed by atoms with Crippen molar-refractivity contribution >= 4 is 29.0 Å². The molecule has 1 amide bonds. The Labute approximate surface area is 123 Å². The molecular formula is C15H16ClN3O. The van der Waals surface area contributed by atoms with Gasteiger partial charge in [-0.15, -0.1) is 0 Å². The van der Waals surface area contributed by atoms with Gasteiger partial charge in [-0.05, 0) is 36.8 Å². The number of carbonyl (C=O) groups excluding carboxylic acids is 1. The third-order valence-corrected chi connectivity index (χ3v) is 3.39. The molecule has 0 saturated carbocycles. The third kappa shape index (κ3) is 3.08. The summed E-state index contributed by atoms with van der Waals surface area (Å²) in [5.41, 5.74) is 2.06. The Kier molecular flexibility index (Phi) is 4.25. The van der Waals surface area contributed by atoms with Crippen LogP contribution in [0.3, 0.4) is 0 Å². The maximum Gasteiger partial charge on any atom is 0.257 e. The number of pyridine rings is 1. The van der Waals surface area contributed by atoms with Gasteiger partial charge in [-0.1, -0.05) is 17.7 Å². The van der Waals surface area contributed by atoms with E-state index in [1.807, 2.05) is 32.0 Å². The highest BCUT2D eigenvalue weighted by Crippen LogP contribution is 2.23. The molecule has 5 heteroatoms. The Hall–Kier alpha value is -2.07. The maximum absolute atomic E-state index is 12.2. The summed E-state index contributed by atoms with van der Waals surface area (Å²) in [5.74, 6) is 0.605.